The molecule has 0 aliphatic heterocycles. The van der Waals surface area contributed by atoms with Gasteiger partial charge in [0.2, 0.25) is 0 Å². The molecular formula is C59H86O6. The normalized spacial score (nSPS) is 13.9. The third kappa shape index (κ3) is 10.9. The molecule has 65 heavy (non-hydrogen) atoms. The molecular weight excluding hydrogens is 805 g/mol. The first-order valence-electron chi connectivity index (χ1n) is 23.6. The summed E-state index contributed by atoms with van der Waals surface area (Å²) in [5.41, 5.74) is 1.94. The topological polar surface area (TPSA) is 107 Å². The molecule has 4 rings (SSSR count). The lowest BCUT2D eigenvalue weighted by Crippen LogP contribution is -2.44. The summed E-state index contributed by atoms with van der Waals surface area (Å²) in [5, 5.41) is 48.3. The molecule has 0 amide bonds. The van der Waals surface area contributed by atoms with Crippen molar-refractivity contribution in [2.45, 2.75) is 221 Å². The lowest BCUT2D eigenvalue weighted by molar-refractivity contribution is -0.139. The molecule has 0 radical (unpaired) electrons. The molecule has 4 aromatic carbocycles. The van der Waals surface area contributed by atoms with E-state index in [1.54, 1.807) is 12.1 Å². The van der Waals surface area contributed by atoms with Gasteiger partial charge < -0.3 is 25.2 Å². The molecule has 0 spiro atoms. The molecule has 0 atom stereocenters. The molecule has 0 saturated heterocycles. The number of hydrogen-bond acceptors (Lipinski definition) is 6. The average molecular weight is 891 g/mol. The lowest BCUT2D eigenvalue weighted by atomic mass is 9.65. The molecule has 6 heteroatoms. The number of hydrogen-bond donors (Lipinski definition) is 4. The summed E-state index contributed by atoms with van der Waals surface area (Å²) >= 11 is 0. The van der Waals surface area contributed by atoms with Crippen LogP contribution in [0.1, 0.15) is 227 Å². The van der Waals surface area contributed by atoms with Crippen molar-refractivity contribution in [1.82, 2.24) is 0 Å². The zero-order valence-corrected chi connectivity index (χ0v) is 44.9. The van der Waals surface area contributed by atoms with Gasteiger partial charge in [-0.2, -0.15) is 0 Å². The molecule has 0 fully saturated rings. The van der Waals surface area contributed by atoms with E-state index in [0.29, 0.717) is 50.3 Å². The Morgan fingerprint density at radius 2 is 0.554 bits per heavy atom. The van der Waals surface area contributed by atoms with Crippen LogP contribution >= 0.6 is 0 Å². The van der Waals surface area contributed by atoms with Crippen LogP contribution in [0.4, 0.5) is 0 Å². The number of phenolic OH excluding ortho intramolecular Hbond substituents is 4. The molecule has 4 N–H and O–H groups in total. The van der Waals surface area contributed by atoms with Gasteiger partial charge >= 0.3 is 5.97 Å². The van der Waals surface area contributed by atoms with E-state index >= 15 is 4.79 Å². The minimum atomic E-state index is -1.63. The second-order valence-electron chi connectivity index (χ2n) is 27.2. The smallest absolute Gasteiger partial charge is 0.326 e. The van der Waals surface area contributed by atoms with Crippen LogP contribution in [0.25, 0.3) is 0 Å². The van der Waals surface area contributed by atoms with Crippen molar-refractivity contribution in [2.24, 2.45) is 0 Å². The standard InChI is InChI=1S/C59H86O6/c1-51(2,3)38-25-34(26-39(46(38)60)52(4,5)6)33-59(35-27-40(53(7,8)9)47(61)41(28-35)54(10,11)12,36-29-42(55(13,14)15)48(62)43(30-36)56(16,17)18)50(64)65-37-31-44(57(19,20)21)49(63)45(32-37)58(22,23)24/h25-32,60-63H,33H2,1-24H3. The zero-order chi connectivity index (χ0) is 50.4. The van der Waals surface area contributed by atoms with Gasteiger partial charge in [0.15, 0.2) is 0 Å². The van der Waals surface area contributed by atoms with Gasteiger partial charge in [0.05, 0.1) is 0 Å². The Morgan fingerprint density at radius 3 is 0.769 bits per heavy atom. The Hall–Kier alpha value is -4.45. The van der Waals surface area contributed by atoms with Crippen molar-refractivity contribution in [3.63, 3.8) is 0 Å². The van der Waals surface area contributed by atoms with Gasteiger partial charge in [0.25, 0.3) is 0 Å². The Balaban J connectivity index is 2.47. The summed E-state index contributed by atoms with van der Waals surface area (Å²) < 4.78 is 6.94. The number of carbonyl (C=O) groups is 1. The Morgan fingerprint density at radius 1 is 0.354 bits per heavy atom. The molecule has 0 unspecified atom stereocenters. The second-order valence-corrected chi connectivity index (χ2v) is 27.2. The first-order valence-corrected chi connectivity index (χ1v) is 23.6. The first kappa shape index (κ1) is 53.2. The van der Waals surface area contributed by atoms with Crippen LogP contribution in [-0.4, -0.2) is 26.4 Å². The fourth-order valence-electron chi connectivity index (χ4n) is 8.98. The third-order valence-corrected chi connectivity index (χ3v) is 13.0. The van der Waals surface area contributed by atoms with Gasteiger partial charge in [0, 0.05) is 11.1 Å². The monoisotopic (exact) mass is 891 g/mol. The molecule has 0 aliphatic rings. The summed E-state index contributed by atoms with van der Waals surface area (Å²) in [5.74, 6) is 0.535. The predicted octanol–water partition coefficient (Wildman–Crippen LogP) is 15.0. The van der Waals surface area contributed by atoms with E-state index in [2.05, 4.69) is 125 Å². The minimum Gasteiger partial charge on any atom is -0.507 e. The van der Waals surface area contributed by atoms with E-state index in [-0.39, 0.29) is 29.4 Å². The fourth-order valence-corrected chi connectivity index (χ4v) is 8.98. The summed E-state index contributed by atoms with van der Waals surface area (Å²) in [6.07, 6.45) is 0.102. The zero-order valence-electron chi connectivity index (χ0n) is 44.9. The van der Waals surface area contributed by atoms with Gasteiger partial charge in [0.1, 0.15) is 34.2 Å². The van der Waals surface area contributed by atoms with Crippen LogP contribution in [0.2, 0.25) is 0 Å². The number of carbonyl (C=O) groups excluding carboxylic acids is 1. The SMILES string of the molecule is CC(C)(C)c1cc(CC(C(=O)Oc2cc(C(C)(C)C)c(O)c(C(C)(C)C)c2)(c2cc(C(C)(C)C)c(O)c(C(C)(C)C)c2)c2cc(C(C)(C)C)c(O)c(C(C)(C)C)c2)cc(C(C)(C)C)c1O. The number of aromatic hydroxyl groups is 4. The molecule has 0 heterocycles. The number of esters is 1. The van der Waals surface area contributed by atoms with E-state index in [1.807, 2.05) is 77.9 Å². The van der Waals surface area contributed by atoms with E-state index < -0.39 is 54.7 Å². The third-order valence-electron chi connectivity index (χ3n) is 13.0. The van der Waals surface area contributed by atoms with Crippen LogP contribution in [0.5, 0.6) is 28.7 Å². The minimum absolute atomic E-state index is 0.102. The second kappa shape index (κ2) is 16.7. The number of benzene rings is 4. The van der Waals surface area contributed by atoms with E-state index in [4.69, 9.17) is 4.74 Å². The van der Waals surface area contributed by atoms with E-state index in [0.717, 1.165) is 16.7 Å². The van der Waals surface area contributed by atoms with Crippen LogP contribution < -0.4 is 4.74 Å². The average Bonchev–Trinajstić information content (AvgIpc) is 3.08. The Bertz CT molecular complexity index is 2220. The molecule has 6 nitrogen and oxygen atoms in total. The Kier molecular flexibility index (Phi) is 13.7. The number of phenols is 4. The van der Waals surface area contributed by atoms with Crippen LogP contribution in [0, 0.1) is 0 Å². The van der Waals surface area contributed by atoms with Crippen molar-refractivity contribution >= 4 is 5.97 Å². The first-order chi connectivity index (χ1) is 28.8. The molecule has 0 bridgehead atoms. The molecule has 358 valence electrons. The highest BCUT2D eigenvalue weighted by molar-refractivity contribution is 5.91. The van der Waals surface area contributed by atoms with Gasteiger partial charge in [-0.1, -0.05) is 203 Å². The van der Waals surface area contributed by atoms with Gasteiger partial charge in [-0.3, -0.25) is 4.79 Å². The maximum Gasteiger partial charge on any atom is 0.326 e. The molecule has 0 aromatic heterocycles. The molecule has 0 aliphatic carbocycles. The quantitative estimate of drug-likeness (QED) is 0.113. The van der Waals surface area contributed by atoms with Crippen LogP contribution in [0.15, 0.2) is 48.5 Å². The largest absolute Gasteiger partial charge is 0.507 e. The summed E-state index contributed by atoms with van der Waals surface area (Å²) in [6.45, 7) is 49.5. The highest BCUT2D eigenvalue weighted by Gasteiger charge is 2.48. The van der Waals surface area contributed by atoms with Crippen molar-refractivity contribution < 1.29 is 30.0 Å². The number of ether oxygens (including phenoxy) is 1. The van der Waals surface area contributed by atoms with Crippen molar-refractivity contribution in [3.05, 3.63) is 110 Å². The maximum absolute atomic E-state index is 16.6. The van der Waals surface area contributed by atoms with Crippen LogP contribution in [-0.2, 0) is 60.0 Å². The molecule has 0 saturated carbocycles. The maximum atomic E-state index is 16.6. The van der Waals surface area contributed by atoms with Crippen molar-refractivity contribution in [1.29, 1.82) is 0 Å². The van der Waals surface area contributed by atoms with Gasteiger partial charge in [-0.15, -0.1) is 0 Å². The highest BCUT2D eigenvalue weighted by atomic mass is 16.5. The van der Waals surface area contributed by atoms with Crippen molar-refractivity contribution in [2.75, 3.05) is 0 Å². The summed E-state index contributed by atoms with van der Waals surface area (Å²) in [6, 6.07) is 15.6. The van der Waals surface area contributed by atoms with E-state index in [1.165, 1.54) is 0 Å². The van der Waals surface area contributed by atoms with Gasteiger partial charge in [-0.05, 0) is 112 Å². The highest BCUT2D eigenvalue weighted by Crippen LogP contribution is 2.51. The van der Waals surface area contributed by atoms with Gasteiger partial charge in [-0.25, -0.2) is 0 Å². The Labute approximate surface area is 394 Å². The van der Waals surface area contributed by atoms with Crippen LogP contribution in [0.3, 0.4) is 0 Å². The molecule has 4 aromatic rings. The number of rotatable bonds is 6. The van der Waals surface area contributed by atoms with E-state index in [9.17, 15) is 20.4 Å². The fraction of sp³-hybridized carbons (Fsp3) is 0.576. The summed E-state index contributed by atoms with van der Waals surface area (Å²) in [7, 11) is 0. The predicted molar refractivity (Wildman–Crippen MR) is 272 cm³/mol. The summed E-state index contributed by atoms with van der Waals surface area (Å²) in [4.78, 5) is 16.6. The van der Waals surface area contributed by atoms with Crippen molar-refractivity contribution in [3.8, 4) is 28.7 Å². The lowest BCUT2D eigenvalue weighted by Gasteiger charge is -2.39.